The maximum absolute atomic E-state index is 12.1. The summed E-state index contributed by atoms with van der Waals surface area (Å²) in [4.78, 5) is 30.0. The van der Waals surface area contributed by atoms with Gasteiger partial charge in [-0.3, -0.25) is 19.5 Å². The van der Waals surface area contributed by atoms with Gasteiger partial charge < -0.3 is 5.32 Å². The van der Waals surface area contributed by atoms with Crippen LogP contribution in [0.15, 0.2) is 23.2 Å². The molecule has 0 bridgehead atoms. The van der Waals surface area contributed by atoms with Gasteiger partial charge in [-0.1, -0.05) is 35.0 Å². The zero-order chi connectivity index (χ0) is 15.0. The zero-order valence-corrected chi connectivity index (χ0v) is 13.1. The molecule has 2 amide bonds. The topological polar surface area (TPSA) is 61.8 Å². The molecule has 8 heteroatoms. The van der Waals surface area contributed by atoms with E-state index in [1.54, 1.807) is 23.1 Å². The number of carbonyl (C=O) groups excluding carboxylic acids is 2. The molecule has 21 heavy (non-hydrogen) atoms. The summed E-state index contributed by atoms with van der Waals surface area (Å²) >= 11 is 13.1. The summed E-state index contributed by atoms with van der Waals surface area (Å²) in [5, 5.41) is 3.85. The van der Waals surface area contributed by atoms with Gasteiger partial charge in [0, 0.05) is 18.7 Å². The monoisotopic (exact) mass is 343 g/mol. The largest absolute Gasteiger partial charge is 0.326 e. The summed E-state index contributed by atoms with van der Waals surface area (Å²) in [6, 6.07) is 4.85. The molecular formula is C13H11Cl2N3O2S. The second-order valence-corrected chi connectivity index (χ2v) is 6.63. The summed E-state index contributed by atoms with van der Waals surface area (Å²) in [5.74, 6) is -0.276. The molecule has 2 aliphatic heterocycles. The van der Waals surface area contributed by atoms with Crippen molar-refractivity contribution in [3.8, 4) is 0 Å². The van der Waals surface area contributed by atoms with E-state index in [-0.39, 0.29) is 18.2 Å². The highest BCUT2D eigenvalue weighted by atomic mass is 35.5. The van der Waals surface area contributed by atoms with Crippen molar-refractivity contribution in [3.63, 3.8) is 0 Å². The molecule has 1 atom stereocenters. The van der Waals surface area contributed by atoms with Crippen LogP contribution in [0, 0.1) is 0 Å². The Labute approximate surface area is 135 Å². The maximum Gasteiger partial charge on any atom is 0.242 e. The first-order chi connectivity index (χ1) is 10.0. The van der Waals surface area contributed by atoms with E-state index in [4.69, 9.17) is 23.2 Å². The lowest BCUT2D eigenvalue weighted by molar-refractivity contribution is -0.127. The summed E-state index contributed by atoms with van der Waals surface area (Å²) < 4.78 is 0. The molecule has 1 fully saturated rings. The van der Waals surface area contributed by atoms with Gasteiger partial charge in [0.05, 0.1) is 16.6 Å². The molecule has 5 nitrogen and oxygen atoms in total. The molecule has 3 rings (SSSR count). The van der Waals surface area contributed by atoms with Crippen LogP contribution in [0.3, 0.4) is 0 Å². The van der Waals surface area contributed by atoms with Crippen LogP contribution in [0.5, 0.6) is 0 Å². The lowest BCUT2D eigenvalue weighted by atomic mass is 10.2. The van der Waals surface area contributed by atoms with Crippen molar-refractivity contribution in [2.75, 3.05) is 18.4 Å². The van der Waals surface area contributed by atoms with Gasteiger partial charge in [0.2, 0.25) is 11.8 Å². The van der Waals surface area contributed by atoms with E-state index in [1.807, 2.05) is 0 Å². The molecule has 1 aromatic carbocycles. The molecule has 0 spiro atoms. The third-order valence-electron chi connectivity index (χ3n) is 3.16. The Morgan fingerprint density at radius 3 is 2.95 bits per heavy atom. The Bertz CT molecular complexity index is 650. The highest BCUT2D eigenvalue weighted by Gasteiger charge is 2.40. The summed E-state index contributed by atoms with van der Waals surface area (Å²) in [6.45, 7) is 1.27. The van der Waals surface area contributed by atoms with Crippen LogP contribution in [0.4, 0.5) is 5.69 Å². The first kappa shape index (κ1) is 14.7. The lowest BCUT2D eigenvalue weighted by Crippen LogP contribution is -2.32. The van der Waals surface area contributed by atoms with E-state index in [2.05, 4.69) is 10.3 Å². The molecule has 1 saturated heterocycles. The number of amides is 2. The number of thioether (sulfide) groups is 1. The number of benzene rings is 1. The predicted octanol–water partition coefficient (Wildman–Crippen LogP) is 2.64. The average molecular weight is 344 g/mol. The van der Waals surface area contributed by atoms with Crippen LogP contribution in [-0.2, 0) is 9.59 Å². The zero-order valence-electron chi connectivity index (χ0n) is 10.8. The van der Waals surface area contributed by atoms with E-state index in [1.165, 1.54) is 11.8 Å². The number of rotatable bonds is 3. The number of hydrogen-bond donors (Lipinski definition) is 1. The molecule has 1 unspecified atom stereocenters. The molecule has 110 valence electrons. The Balaban J connectivity index is 1.62. The highest BCUT2D eigenvalue weighted by molar-refractivity contribution is 8.15. The number of halogens is 2. The number of hydrogen-bond acceptors (Lipinski definition) is 4. The van der Waals surface area contributed by atoms with Crippen molar-refractivity contribution in [1.82, 2.24) is 4.90 Å². The first-order valence-electron chi connectivity index (χ1n) is 6.32. The Morgan fingerprint density at radius 1 is 1.43 bits per heavy atom. The smallest absolute Gasteiger partial charge is 0.242 e. The third kappa shape index (κ3) is 3.02. The van der Waals surface area contributed by atoms with E-state index < -0.39 is 5.25 Å². The molecule has 2 heterocycles. The number of anilines is 1. The summed E-state index contributed by atoms with van der Waals surface area (Å²) in [6.07, 6.45) is 0.110. The predicted molar refractivity (Wildman–Crippen MR) is 85.1 cm³/mol. The standard InChI is InChI=1S/C13H11Cl2N3O2S/c14-8-2-1-7(5-9(8)15)17-11(19)6-10-12(20)18-4-3-16-13(18)21-10/h1-2,5,10H,3-4,6H2,(H,17,19). The van der Waals surface area contributed by atoms with Crippen LogP contribution in [-0.4, -0.2) is 40.2 Å². The van der Waals surface area contributed by atoms with Crippen molar-refractivity contribution in [3.05, 3.63) is 28.2 Å². The van der Waals surface area contributed by atoms with Gasteiger partial charge >= 0.3 is 0 Å². The Kier molecular flexibility index (Phi) is 4.10. The Hall–Kier alpha value is -1.24. The number of fused-ring (bicyclic) bond motifs is 1. The van der Waals surface area contributed by atoms with Crippen LogP contribution in [0.25, 0.3) is 0 Å². The van der Waals surface area contributed by atoms with E-state index in [0.29, 0.717) is 28.8 Å². The second kappa shape index (κ2) is 5.87. The van der Waals surface area contributed by atoms with E-state index >= 15 is 0 Å². The van der Waals surface area contributed by atoms with E-state index in [9.17, 15) is 9.59 Å². The van der Waals surface area contributed by atoms with Crippen molar-refractivity contribution in [1.29, 1.82) is 0 Å². The quantitative estimate of drug-likeness (QED) is 0.917. The van der Waals surface area contributed by atoms with Gasteiger partial charge in [-0.15, -0.1) is 0 Å². The lowest BCUT2D eigenvalue weighted by Gasteiger charge is -2.10. The molecule has 0 aromatic heterocycles. The molecule has 2 aliphatic rings. The van der Waals surface area contributed by atoms with Gasteiger partial charge in [-0.05, 0) is 18.2 Å². The number of amidine groups is 1. The van der Waals surface area contributed by atoms with Crippen LogP contribution < -0.4 is 5.32 Å². The van der Waals surface area contributed by atoms with Gasteiger partial charge in [0.1, 0.15) is 5.25 Å². The maximum atomic E-state index is 12.1. The first-order valence-corrected chi connectivity index (χ1v) is 7.95. The number of aliphatic imine (C=N–C) groups is 1. The van der Waals surface area contributed by atoms with Crippen LogP contribution in [0.1, 0.15) is 6.42 Å². The van der Waals surface area contributed by atoms with Gasteiger partial charge in [-0.25, -0.2) is 0 Å². The van der Waals surface area contributed by atoms with E-state index in [0.717, 1.165) is 5.17 Å². The minimum absolute atomic E-state index is 0.0412. The molecule has 0 saturated carbocycles. The highest BCUT2D eigenvalue weighted by Crippen LogP contribution is 2.32. The fourth-order valence-corrected chi connectivity index (χ4v) is 3.66. The molecular weight excluding hydrogens is 333 g/mol. The minimum Gasteiger partial charge on any atom is -0.326 e. The minimum atomic E-state index is -0.396. The number of carbonyl (C=O) groups is 2. The van der Waals surface area contributed by atoms with Gasteiger partial charge in [0.25, 0.3) is 0 Å². The van der Waals surface area contributed by atoms with Crippen LogP contribution >= 0.6 is 35.0 Å². The van der Waals surface area contributed by atoms with Gasteiger partial charge in [-0.2, -0.15) is 0 Å². The summed E-state index contributed by atoms with van der Waals surface area (Å²) in [7, 11) is 0. The van der Waals surface area contributed by atoms with Crippen molar-refractivity contribution < 1.29 is 9.59 Å². The molecule has 0 radical (unpaired) electrons. The SMILES string of the molecule is O=C(CC1SC2=NCCN2C1=O)Nc1ccc(Cl)c(Cl)c1. The number of nitrogens with one attached hydrogen (secondary N) is 1. The van der Waals surface area contributed by atoms with Crippen molar-refractivity contribution in [2.24, 2.45) is 4.99 Å². The molecule has 1 N–H and O–H groups in total. The molecule has 1 aromatic rings. The van der Waals surface area contributed by atoms with Crippen LogP contribution in [0.2, 0.25) is 10.0 Å². The summed E-state index contributed by atoms with van der Waals surface area (Å²) in [5.41, 5.74) is 0.558. The Morgan fingerprint density at radius 2 is 2.24 bits per heavy atom. The average Bonchev–Trinajstić information content (AvgIpc) is 2.99. The molecule has 0 aliphatic carbocycles. The van der Waals surface area contributed by atoms with Crippen molar-refractivity contribution >= 4 is 57.6 Å². The fourth-order valence-electron chi connectivity index (χ4n) is 2.17. The fraction of sp³-hybridized carbons (Fsp3) is 0.308. The van der Waals surface area contributed by atoms with Gasteiger partial charge in [0.15, 0.2) is 5.17 Å². The number of nitrogens with zero attached hydrogens (tertiary/aromatic N) is 2. The normalized spacial score (nSPS) is 20.5. The second-order valence-electron chi connectivity index (χ2n) is 4.64. The van der Waals surface area contributed by atoms with Crippen molar-refractivity contribution in [2.45, 2.75) is 11.7 Å². The third-order valence-corrected chi connectivity index (χ3v) is 5.12.